The average Bonchev–Trinajstić information content (AvgIpc) is 2.55. The summed E-state index contributed by atoms with van der Waals surface area (Å²) in [6.45, 7) is 5.70. The molecule has 0 bridgehead atoms. The lowest BCUT2D eigenvalue weighted by Crippen LogP contribution is -1.91. The Bertz CT molecular complexity index is 622. The highest BCUT2D eigenvalue weighted by Crippen LogP contribution is 2.32. The van der Waals surface area contributed by atoms with Crippen molar-refractivity contribution < 1.29 is 10.2 Å². The average molecular weight is 309 g/mol. The summed E-state index contributed by atoms with van der Waals surface area (Å²) in [5.74, 6) is 0.568. The van der Waals surface area contributed by atoms with Crippen molar-refractivity contribution in [3.8, 4) is 17.6 Å². The van der Waals surface area contributed by atoms with Crippen LogP contribution in [0.5, 0.6) is 11.5 Å². The van der Waals surface area contributed by atoms with Crippen LogP contribution in [0.4, 0.5) is 0 Å². The van der Waals surface area contributed by atoms with Gasteiger partial charge in [0, 0.05) is 6.92 Å². The number of phenolic OH excluding ortho intramolecular Hbond substituents is 2. The monoisotopic (exact) mass is 309 g/mol. The zero-order valence-electron chi connectivity index (χ0n) is 13.9. The van der Waals surface area contributed by atoms with Crippen molar-refractivity contribution >= 4 is 11.1 Å². The first-order valence-electron chi connectivity index (χ1n) is 7.68. The highest BCUT2D eigenvalue weighted by atomic mass is 16.3. The van der Waals surface area contributed by atoms with E-state index in [0.29, 0.717) is 0 Å². The number of hydrogen-bond acceptors (Lipinski definition) is 3. The smallest absolute Gasteiger partial charge is 0.115 e. The molecular formula is C20H23NO2. The van der Waals surface area contributed by atoms with Gasteiger partial charge < -0.3 is 10.2 Å². The van der Waals surface area contributed by atoms with Gasteiger partial charge in [0.2, 0.25) is 0 Å². The minimum absolute atomic E-state index is 0.284. The van der Waals surface area contributed by atoms with E-state index in [-0.39, 0.29) is 11.5 Å². The second kappa shape index (κ2) is 9.32. The Balaban J connectivity index is 0.000000816. The first-order valence-corrected chi connectivity index (χ1v) is 7.68. The van der Waals surface area contributed by atoms with Gasteiger partial charge in [0.05, 0.1) is 6.07 Å². The predicted octanol–water partition coefficient (Wildman–Crippen LogP) is 5.36. The van der Waals surface area contributed by atoms with E-state index in [1.807, 2.05) is 24.3 Å². The van der Waals surface area contributed by atoms with Crippen LogP contribution in [-0.2, 0) is 0 Å². The largest absolute Gasteiger partial charge is 0.508 e. The van der Waals surface area contributed by atoms with Gasteiger partial charge >= 0.3 is 0 Å². The molecule has 2 rings (SSSR count). The Kier molecular flexibility index (Phi) is 7.42. The SMILES string of the molecule is CC#N.CC/C(=C(/CC)c1ccc(O)cc1)c1ccc(O)cc1. The Morgan fingerprint density at radius 1 is 0.783 bits per heavy atom. The fraction of sp³-hybridized carbons (Fsp3) is 0.250. The molecule has 0 saturated carbocycles. The van der Waals surface area contributed by atoms with Crippen LogP contribution in [-0.4, -0.2) is 10.2 Å². The molecule has 3 heteroatoms. The zero-order chi connectivity index (χ0) is 17.2. The molecule has 0 aromatic heterocycles. The van der Waals surface area contributed by atoms with Crippen LogP contribution in [0.3, 0.4) is 0 Å². The van der Waals surface area contributed by atoms with Crippen molar-refractivity contribution in [3.05, 3.63) is 59.7 Å². The summed E-state index contributed by atoms with van der Waals surface area (Å²) < 4.78 is 0. The highest BCUT2D eigenvalue weighted by Gasteiger charge is 2.09. The number of nitriles is 1. The normalized spacial score (nSPS) is 10.9. The van der Waals surface area contributed by atoms with Crippen molar-refractivity contribution in [1.82, 2.24) is 0 Å². The van der Waals surface area contributed by atoms with Gasteiger partial charge in [-0.25, -0.2) is 0 Å². The number of nitrogens with zero attached hydrogens (tertiary/aromatic N) is 1. The molecule has 3 nitrogen and oxygen atoms in total. The summed E-state index contributed by atoms with van der Waals surface area (Å²) in [7, 11) is 0. The number of allylic oxidation sites excluding steroid dienone is 2. The molecule has 0 amide bonds. The van der Waals surface area contributed by atoms with Crippen molar-refractivity contribution in [1.29, 1.82) is 5.26 Å². The molecule has 0 aliphatic rings. The molecule has 0 heterocycles. The molecule has 0 radical (unpaired) electrons. The minimum atomic E-state index is 0.284. The lowest BCUT2D eigenvalue weighted by molar-refractivity contribution is 0.474. The summed E-state index contributed by atoms with van der Waals surface area (Å²) >= 11 is 0. The molecule has 0 aliphatic carbocycles. The zero-order valence-corrected chi connectivity index (χ0v) is 13.9. The number of hydrogen-bond donors (Lipinski definition) is 2. The molecule has 0 aliphatic heterocycles. The molecule has 2 aromatic carbocycles. The molecule has 2 N–H and O–H groups in total. The second-order valence-corrected chi connectivity index (χ2v) is 4.98. The lowest BCUT2D eigenvalue weighted by Gasteiger charge is -2.14. The molecular weight excluding hydrogens is 286 g/mol. The fourth-order valence-electron chi connectivity index (χ4n) is 2.51. The van der Waals surface area contributed by atoms with Crippen LogP contribution in [0.15, 0.2) is 48.5 Å². The van der Waals surface area contributed by atoms with Gasteiger partial charge in [-0.3, -0.25) is 0 Å². The first-order chi connectivity index (χ1) is 11.1. The Hall–Kier alpha value is -2.73. The third-order valence-electron chi connectivity index (χ3n) is 3.50. The van der Waals surface area contributed by atoms with Gasteiger partial charge in [0.25, 0.3) is 0 Å². The van der Waals surface area contributed by atoms with Crippen LogP contribution in [0.2, 0.25) is 0 Å². The third kappa shape index (κ3) is 5.19. The molecule has 0 unspecified atom stereocenters. The first kappa shape index (κ1) is 18.3. The van der Waals surface area contributed by atoms with Gasteiger partial charge in [-0.1, -0.05) is 38.1 Å². The standard InChI is InChI=1S/C18H20O2.C2H3N/c1-3-17(13-5-9-15(19)10-6-13)18(4-2)14-7-11-16(20)12-8-14;1-2-3/h5-12,19-20H,3-4H2,1-2H3;1H3/b18-17+;. The van der Waals surface area contributed by atoms with Gasteiger partial charge in [-0.05, 0) is 59.4 Å². The summed E-state index contributed by atoms with van der Waals surface area (Å²) in [5.41, 5.74) is 4.82. The summed E-state index contributed by atoms with van der Waals surface area (Å²) in [6, 6.07) is 16.4. The number of phenols is 2. The number of aromatic hydroxyl groups is 2. The molecule has 2 aromatic rings. The van der Waals surface area contributed by atoms with Crippen LogP contribution < -0.4 is 0 Å². The molecule has 0 fully saturated rings. The molecule has 0 saturated heterocycles. The van der Waals surface area contributed by atoms with Gasteiger partial charge in [-0.2, -0.15) is 5.26 Å². The highest BCUT2D eigenvalue weighted by molar-refractivity contribution is 5.90. The van der Waals surface area contributed by atoms with Crippen LogP contribution >= 0.6 is 0 Å². The summed E-state index contributed by atoms with van der Waals surface area (Å²) in [6.07, 6.45) is 1.85. The fourth-order valence-corrected chi connectivity index (χ4v) is 2.51. The summed E-state index contributed by atoms with van der Waals surface area (Å²) in [5, 5.41) is 26.1. The maximum Gasteiger partial charge on any atom is 0.115 e. The van der Waals surface area contributed by atoms with E-state index in [4.69, 9.17) is 5.26 Å². The Labute approximate surface area is 138 Å². The van der Waals surface area contributed by atoms with Gasteiger partial charge in [0.15, 0.2) is 0 Å². The van der Waals surface area contributed by atoms with Crippen LogP contribution in [0.25, 0.3) is 11.1 Å². The van der Waals surface area contributed by atoms with Crippen molar-refractivity contribution in [2.24, 2.45) is 0 Å². The number of rotatable bonds is 4. The molecule has 0 spiro atoms. The van der Waals surface area contributed by atoms with E-state index in [0.717, 1.165) is 24.0 Å². The van der Waals surface area contributed by atoms with Crippen LogP contribution in [0, 0.1) is 11.3 Å². The van der Waals surface area contributed by atoms with E-state index < -0.39 is 0 Å². The lowest BCUT2D eigenvalue weighted by atomic mass is 9.91. The molecule has 23 heavy (non-hydrogen) atoms. The second-order valence-electron chi connectivity index (χ2n) is 4.98. The van der Waals surface area contributed by atoms with E-state index >= 15 is 0 Å². The van der Waals surface area contributed by atoms with Crippen molar-refractivity contribution in [2.45, 2.75) is 33.6 Å². The topological polar surface area (TPSA) is 64.2 Å². The quantitative estimate of drug-likeness (QED) is 0.747. The summed E-state index contributed by atoms with van der Waals surface area (Å²) in [4.78, 5) is 0. The van der Waals surface area contributed by atoms with E-state index in [1.165, 1.54) is 18.1 Å². The molecule has 0 atom stereocenters. The van der Waals surface area contributed by atoms with Crippen LogP contribution in [0.1, 0.15) is 44.7 Å². The van der Waals surface area contributed by atoms with Crippen molar-refractivity contribution in [2.75, 3.05) is 0 Å². The maximum atomic E-state index is 9.41. The van der Waals surface area contributed by atoms with E-state index in [2.05, 4.69) is 13.8 Å². The molecule has 120 valence electrons. The van der Waals surface area contributed by atoms with E-state index in [9.17, 15) is 10.2 Å². The minimum Gasteiger partial charge on any atom is -0.508 e. The van der Waals surface area contributed by atoms with Gasteiger partial charge in [-0.15, -0.1) is 0 Å². The van der Waals surface area contributed by atoms with Crippen molar-refractivity contribution in [3.63, 3.8) is 0 Å². The van der Waals surface area contributed by atoms with Gasteiger partial charge in [0.1, 0.15) is 11.5 Å². The third-order valence-corrected chi connectivity index (χ3v) is 3.50. The van der Waals surface area contributed by atoms with E-state index in [1.54, 1.807) is 30.3 Å². The Morgan fingerprint density at radius 3 is 1.26 bits per heavy atom. The predicted molar refractivity (Wildman–Crippen MR) is 94.9 cm³/mol. The maximum absolute atomic E-state index is 9.41. The Morgan fingerprint density at radius 2 is 1.04 bits per heavy atom. The number of benzene rings is 2.